The molecule has 35 heavy (non-hydrogen) atoms. The number of carbonyl (C=O) groups excluding carboxylic acids is 3. The lowest BCUT2D eigenvalue weighted by atomic mass is 9.97. The molecule has 0 bridgehead atoms. The molecule has 1 aliphatic heterocycles. The van der Waals surface area contributed by atoms with Gasteiger partial charge >= 0.3 is 0 Å². The van der Waals surface area contributed by atoms with E-state index in [9.17, 15) is 19.6 Å². The number of nitrogens with one attached hydrogen (secondary N) is 2. The van der Waals surface area contributed by atoms with Crippen LogP contribution in [0.3, 0.4) is 0 Å². The lowest BCUT2D eigenvalue weighted by Gasteiger charge is -2.25. The van der Waals surface area contributed by atoms with Crippen molar-refractivity contribution in [2.24, 2.45) is 5.92 Å². The Bertz CT molecular complexity index is 1350. The van der Waals surface area contributed by atoms with Crippen molar-refractivity contribution < 1.29 is 19.1 Å². The second-order valence-corrected chi connectivity index (χ2v) is 9.12. The number of rotatable bonds is 6. The summed E-state index contributed by atoms with van der Waals surface area (Å²) in [7, 11) is 1.57. The van der Waals surface area contributed by atoms with E-state index in [1.807, 2.05) is 42.5 Å². The molecule has 2 aromatic carbocycles. The molecule has 2 aliphatic rings. The second kappa shape index (κ2) is 9.26. The number of aromatic nitrogens is 1. The van der Waals surface area contributed by atoms with Gasteiger partial charge in [-0.15, -0.1) is 0 Å². The third-order valence-corrected chi connectivity index (χ3v) is 7.01. The summed E-state index contributed by atoms with van der Waals surface area (Å²) in [5.41, 5.74) is 2.73. The number of carbonyl (C=O) groups is 3. The van der Waals surface area contributed by atoms with E-state index in [-0.39, 0.29) is 24.2 Å². The zero-order valence-electron chi connectivity index (χ0n) is 19.4. The minimum absolute atomic E-state index is 0.150. The summed E-state index contributed by atoms with van der Waals surface area (Å²) in [6.07, 6.45) is 2.40. The highest BCUT2D eigenvalue weighted by Crippen LogP contribution is 2.36. The van der Waals surface area contributed by atoms with Gasteiger partial charge in [0.25, 0.3) is 5.91 Å². The van der Waals surface area contributed by atoms with Gasteiger partial charge in [-0.2, -0.15) is 5.26 Å². The van der Waals surface area contributed by atoms with Gasteiger partial charge in [-0.05, 0) is 48.6 Å². The molecule has 3 atom stereocenters. The van der Waals surface area contributed by atoms with Gasteiger partial charge in [0.15, 0.2) is 0 Å². The van der Waals surface area contributed by atoms with E-state index >= 15 is 0 Å². The van der Waals surface area contributed by atoms with Crippen LogP contribution in [0.2, 0.25) is 0 Å². The maximum atomic E-state index is 13.6. The molecular formula is C27H26N4O4. The van der Waals surface area contributed by atoms with Crippen molar-refractivity contribution in [1.29, 1.82) is 5.26 Å². The quantitative estimate of drug-likeness (QED) is 0.571. The van der Waals surface area contributed by atoms with Crippen LogP contribution in [0, 0.1) is 17.2 Å². The number of fused-ring (bicyclic) bond motifs is 2. The van der Waals surface area contributed by atoms with E-state index in [0.29, 0.717) is 24.3 Å². The third kappa shape index (κ3) is 4.14. The van der Waals surface area contributed by atoms with E-state index in [1.165, 1.54) is 4.90 Å². The first-order valence-corrected chi connectivity index (χ1v) is 11.8. The Kier molecular flexibility index (Phi) is 6.00. The van der Waals surface area contributed by atoms with Crippen LogP contribution in [0.5, 0.6) is 5.75 Å². The molecule has 178 valence electrons. The van der Waals surface area contributed by atoms with E-state index in [2.05, 4.69) is 16.4 Å². The standard InChI is InChI=1S/C27H26N4O4/c1-35-24-11-5-9-21-20(24)13-22(30-21)27(34)31-15-17-6-2-3-8-19(17)25(31)26(33)29-18(14-28)12-16-7-4-10-23(16)32/h2-3,5-6,8-9,11,13,16,18,25,30H,4,7,10,12,15H2,1H3,(H,29,33)/t16-,18-,25?/m0/s1. The Hall–Kier alpha value is -4.12. The number of amides is 2. The largest absolute Gasteiger partial charge is 0.496 e. The number of aromatic amines is 1. The fourth-order valence-corrected chi connectivity index (χ4v) is 5.25. The first-order chi connectivity index (χ1) is 17.0. The van der Waals surface area contributed by atoms with E-state index in [0.717, 1.165) is 34.9 Å². The summed E-state index contributed by atoms with van der Waals surface area (Å²) in [4.78, 5) is 43.8. The molecule has 8 heteroatoms. The molecule has 5 rings (SSSR count). The molecule has 3 aromatic rings. The first-order valence-electron chi connectivity index (χ1n) is 11.8. The summed E-state index contributed by atoms with van der Waals surface area (Å²) in [5, 5.41) is 13.3. The maximum Gasteiger partial charge on any atom is 0.271 e. The Morgan fingerprint density at radius 1 is 1.26 bits per heavy atom. The maximum absolute atomic E-state index is 13.6. The Morgan fingerprint density at radius 2 is 2.09 bits per heavy atom. The van der Waals surface area contributed by atoms with Crippen molar-refractivity contribution in [2.75, 3.05) is 7.11 Å². The van der Waals surface area contributed by atoms with Crippen LogP contribution in [-0.2, 0) is 16.1 Å². The second-order valence-electron chi connectivity index (χ2n) is 9.12. The number of ketones is 1. The number of nitriles is 1. The highest BCUT2D eigenvalue weighted by atomic mass is 16.5. The van der Waals surface area contributed by atoms with Gasteiger partial charge in [0, 0.05) is 29.8 Å². The van der Waals surface area contributed by atoms with Crippen molar-refractivity contribution in [3.8, 4) is 11.8 Å². The molecule has 1 aliphatic carbocycles. The fraction of sp³-hybridized carbons (Fsp3) is 0.333. The Balaban J connectivity index is 1.42. The minimum atomic E-state index is -0.873. The zero-order valence-corrected chi connectivity index (χ0v) is 19.4. The average molecular weight is 471 g/mol. The number of benzene rings is 2. The van der Waals surface area contributed by atoms with Crippen LogP contribution in [0.15, 0.2) is 48.5 Å². The molecule has 0 saturated heterocycles. The Labute approximate surface area is 202 Å². The number of ether oxygens (including phenoxy) is 1. The number of methoxy groups -OCH3 is 1. The van der Waals surface area contributed by atoms with Gasteiger partial charge in [-0.1, -0.05) is 30.3 Å². The summed E-state index contributed by atoms with van der Waals surface area (Å²) in [5.74, 6) is -0.144. The zero-order chi connectivity index (χ0) is 24.5. The van der Waals surface area contributed by atoms with Crippen molar-refractivity contribution in [3.63, 3.8) is 0 Å². The fourth-order valence-electron chi connectivity index (χ4n) is 5.25. The van der Waals surface area contributed by atoms with E-state index in [1.54, 1.807) is 13.2 Å². The normalized spacial score (nSPS) is 19.9. The molecule has 0 spiro atoms. The van der Waals surface area contributed by atoms with Gasteiger partial charge in [-0.3, -0.25) is 14.4 Å². The lowest BCUT2D eigenvalue weighted by molar-refractivity contribution is -0.126. The van der Waals surface area contributed by atoms with Gasteiger partial charge in [0.1, 0.15) is 29.3 Å². The molecule has 1 aromatic heterocycles. The van der Waals surface area contributed by atoms with Crippen LogP contribution in [-0.4, -0.2) is 40.6 Å². The van der Waals surface area contributed by atoms with Crippen molar-refractivity contribution in [1.82, 2.24) is 15.2 Å². The molecule has 2 heterocycles. The monoisotopic (exact) mass is 470 g/mol. The molecular weight excluding hydrogens is 444 g/mol. The summed E-state index contributed by atoms with van der Waals surface area (Å²) in [6.45, 7) is 0.276. The van der Waals surface area contributed by atoms with Crippen molar-refractivity contribution >= 4 is 28.5 Å². The topological polar surface area (TPSA) is 115 Å². The van der Waals surface area contributed by atoms with Crippen LogP contribution in [0.25, 0.3) is 10.9 Å². The van der Waals surface area contributed by atoms with Gasteiger partial charge in [-0.25, -0.2) is 0 Å². The predicted octanol–water partition coefficient (Wildman–Crippen LogP) is 3.64. The number of H-pyrrole nitrogens is 1. The van der Waals surface area contributed by atoms with Crippen LogP contribution >= 0.6 is 0 Å². The third-order valence-electron chi connectivity index (χ3n) is 7.01. The van der Waals surface area contributed by atoms with Gasteiger partial charge < -0.3 is 19.9 Å². The van der Waals surface area contributed by atoms with Crippen LogP contribution < -0.4 is 10.1 Å². The van der Waals surface area contributed by atoms with Crippen molar-refractivity contribution in [3.05, 3.63) is 65.4 Å². The molecule has 1 fully saturated rings. The SMILES string of the molecule is COc1cccc2[nH]c(C(=O)N3Cc4ccccc4C3C(=O)N[C@H](C#N)C[C@@H]3CCCC3=O)cc12. The highest BCUT2D eigenvalue weighted by Gasteiger charge is 2.40. The smallest absolute Gasteiger partial charge is 0.271 e. The first kappa shape index (κ1) is 22.7. The summed E-state index contributed by atoms with van der Waals surface area (Å²) < 4.78 is 5.41. The number of hydrogen-bond donors (Lipinski definition) is 2. The van der Waals surface area contributed by atoms with E-state index < -0.39 is 18.0 Å². The summed E-state index contributed by atoms with van der Waals surface area (Å²) >= 11 is 0. The predicted molar refractivity (Wildman–Crippen MR) is 128 cm³/mol. The molecule has 1 unspecified atom stereocenters. The molecule has 8 nitrogen and oxygen atoms in total. The summed E-state index contributed by atoms with van der Waals surface area (Å²) in [6, 6.07) is 15.2. The van der Waals surface area contributed by atoms with E-state index in [4.69, 9.17) is 4.74 Å². The number of nitrogens with zero attached hydrogens (tertiary/aromatic N) is 2. The molecule has 0 radical (unpaired) electrons. The molecule has 1 saturated carbocycles. The van der Waals surface area contributed by atoms with Crippen molar-refractivity contribution in [2.45, 2.75) is 44.3 Å². The molecule has 2 N–H and O–H groups in total. The number of Topliss-reactive ketones (excluding diaryl/α,β-unsaturated/α-hetero) is 1. The van der Waals surface area contributed by atoms with Crippen LogP contribution in [0.1, 0.15) is 53.3 Å². The average Bonchev–Trinajstić information content (AvgIpc) is 3.59. The van der Waals surface area contributed by atoms with Crippen LogP contribution in [0.4, 0.5) is 0 Å². The van der Waals surface area contributed by atoms with Gasteiger partial charge in [0.05, 0.1) is 13.2 Å². The molecule has 2 amide bonds. The number of hydrogen-bond acceptors (Lipinski definition) is 5. The highest BCUT2D eigenvalue weighted by molar-refractivity contribution is 6.02. The Morgan fingerprint density at radius 3 is 2.83 bits per heavy atom. The van der Waals surface area contributed by atoms with Gasteiger partial charge in [0.2, 0.25) is 5.91 Å². The minimum Gasteiger partial charge on any atom is -0.496 e. The lowest BCUT2D eigenvalue weighted by Crippen LogP contribution is -2.44.